The maximum Gasteiger partial charge on any atom is 0.224 e. The van der Waals surface area contributed by atoms with Gasteiger partial charge in [-0.15, -0.1) is 11.6 Å². The van der Waals surface area contributed by atoms with Crippen LogP contribution in [0.4, 0.5) is 0 Å². The Bertz CT molecular complexity index is 433. The fraction of sp³-hybridized carbons (Fsp3) is 0.562. The van der Waals surface area contributed by atoms with Gasteiger partial charge in [-0.3, -0.25) is 4.79 Å². The quantitative estimate of drug-likeness (QED) is 0.841. The molecule has 1 aromatic rings. The molecule has 1 amide bonds. The maximum absolute atomic E-state index is 11.9. The van der Waals surface area contributed by atoms with Crippen LogP contribution in [0.5, 0.6) is 0 Å². The fourth-order valence-corrected chi connectivity index (χ4v) is 3.12. The number of alkyl halides is 1. The Morgan fingerprint density at radius 2 is 2.16 bits per heavy atom. The van der Waals surface area contributed by atoms with Gasteiger partial charge >= 0.3 is 0 Å². The van der Waals surface area contributed by atoms with Gasteiger partial charge in [-0.25, -0.2) is 0 Å². The molecule has 2 unspecified atom stereocenters. The summed E-state index contributed by atoms with van der Waals surface area (Å²) in [4.78, 5) is 11.9. The minimum absolute atomic E-state index is 0.117. The molecule has 0 bridgehead atoms. The molecule has 19 heavy (non-hydrogen) atoms. The first-order valence-corrected chi connectivity index (χ1v) is 7.54. The van der Waals surface area contributed by atoms with E-state index < -0.39 is 0 Å². The number of benzene rings is 1. The second-order valence-electron chi connectivity index (χ2n) is 5.54. The van der Waals surface area contributed by atoms with Gasteiger partial charge in [0.15, 0.2) is 0 Å². The second-order valence-corrected chi connectivity index (χ2v) is 6.15. The van der Waals surface area contributed by atoms with E-state index in [0.717, 1.165) is 24.9 Å². The Morgan fingerprint density at radius 1 is 1.37 bits per heavy atom. The smallest absolute Gasteiger partial charge is 0.224 e. The number of rotatable bonds is 4. The molecular formula is C16H22ClNO. The number of nitrogens with one attached hydrogen (secondary N) is 1. The molecule has 0 radical (unpaired) electrons. The Hall–Kier alpha value is -1.02. The van der Waals surface area contributed by atoms with Crippen LogP contribution in [-0.4, -0.2) is 17.8 Å². The molecule has 1 fully saturated rings. The van der Waals surface area contributed by atoms with Gasteiger partial charge in [-0.05, 0) is 43.2 Å². The molecule has 3 heteroatoms. The second kappa shape index (κ2) is 6.95. The Labute approximate surface area is 120 Å². The van der Waals surface area contributed by atoms with E-state index in [1.807, 2.05) is 31.2 Å². The predicted molar refractivity (Wildman–Crippen MR) is 79.5 cm³/mol. The van der Waals surface area contributed by atoms with Gasteiger partial charge < -0.3 is 5.32 Å². The van der Waals surface area contributed by atoms with E-state index in [2.05, 4.69) is 5.32 Å². The first-order chi connectivity index (χ1) is 9.15. The third kappa shape index (κ3) is 4.54. The van der Waals surface area contributed by atoms with E-state index in [-0.39, 0.29) is 5.91 Å². The highest BCUT2D eigenvalue weighted by Crippen LogP contribution is 2.27. The normalized spacial score (nSPS) is 23.1. The summed E-state index contributed by atoms with van der Waals surface area (Å²) in [7, 11) is 0. The van der Waals surface area contributed by atoms with Crippen molar-refractivity contribution in [2.24, 2.45) is 5.92 Å². The number of amides is 1. The number of aryl methyl sites for hydroxylation is 1. The molecule has 1 aliphatic carbocycles. The highest BCUT2D eigenvalue weighted by Gasteiger charge is 2.20. The minimum atomic E-state index is 0.117. The molecule has 0 saturated heterocycles. The Kier molecular flexibility index (Phi) is 5.26. The lowest BCUT2D eigenvalue weighted by Crippen LogP contribution is -2.33. The van der Waals surface area contributed by atoms with Gasteiger partial charge in [0.05, 0.1) is 6.42 Å². The summed E-state index contributed by atoms with van der Waals surface area (Å²) in [5, 5.41) is 3.35. The van der Waals surface area contributed by atoms with Crippen molar-refractivity contribution in [3.63, 3.8) is 0 Å². The lowest BCUT2D eigenvalue weighted by Gasteiger charge is -2.25. The number of halogens is 1. The summed E-state index contributed by atoms with van der Waals surface area (Å²) in [5.74, 6) is 0.670. The van der Waals surface area contributed by atoms with E-state index in [4.69, 9.17) is 11.6 Å². The van der Waals surface area contributed by atoms with Crippen LogP contribution in [0.25, 0.3) is 0 Å². The van der Waals surface area contributed by atoms with Gasteiger partial charge in [0, 0.05) is 11.9 Å². The van der Waals surface area contributed by atoms with Gasteiger partial charge in [0.25, 0.3) is 0 Å². The average molecular weight is 280 g/mol. The molecule has 1 saturated carbocycles. The van der Waals surface area contributed by atoms with Gasteiger partial charge in [0.1, 0.15) is 0 Å². The van der Waals surface area contributed by atoms with Crippen LogP contribution in [-0.2, 0) is 11.2 Å². The Morgan fingerprint density at radius 3 is 2.89 bits per heavy atom. The summed E-state index contributed by atoms with van der Waals surface area (Å²) in [5.41, 5.74) is 2.29. The summed E-state index contributed by atoms with van der Waals surface area (Å²) in [6.45, 7) is 2.82. The molecule has 2 rings (SSSR count). The lowest BCUT2D eigenvalue weighted by atomic mass is 9.89. The minimum Gasteiger partial charge on any atom is -0.356 e. The van der Waals surface area contributed by atoms with Gasteiger partial charge in [0.2, 0.25) is 5.91 Å². The molecule has 1 aliphatic rings. The molecule has 0 aliphatic heterocycles. The van der Waals surface area contributed by atoms with Crippen LogP contribution in [0.3, 0.4) is 0 Å². The SMILES string of the molecule is Cc1ccccc1CC(=O)NCC1CCCC(Cl)C1. The third-order valence-electron chi connectivity index (χ3n) is 3.92. The molecule has 1 aromatic carbocycles. The number of hydrogen-bond donors (Lipinski definition) is 1. The van der Waals surface area contributed by atoms with Crippen LogP contribution in [0, 0.1) is 12.8 Å². The summed E-state index contributed by atoms with van der Waals surface area (Å²) < 4.78 is 0. The summed E-state index contributed by atoms with van der Waals surface area (Å²) in [6.07, 6.45) is 5.01. The van der Waals surface area contributed by atoms with E-state index >= 15 is 0 Å². The van der Waals surface area contributed by atoms with Gasteiger partial charge in [-0.2, -0.15) is 0 Å². The van der Waals surface area contributed by atoms with Crippen molar-refractivity contribution < 1.29 is 4.79 Å². The zero-order valence-corrected chi connectivity index (χ0v) is 12.2. The molecule has 2 nitrogen and oxygen atoms in total. The molecular weight excluding hydrogens is 258 g/mol. The van der Waals surface area contributed by atoms with Crippen molar-refractivity contribution in [3.8, 4) is 0 Å². The predicted octanol–water partition coefficient (Wildman–Crippen LogP) is 3.45. The van der Waals surface area contributed by atoms with E-state index in [1.165, 1.54) is 18.4 Å². The number of carbonyl (C=O) groups excluding carboxylic acids is 1. The van der Waals surface area contributed by atoms with Crippen molar-refractivity contribution in [2.75, 3.05) is 6.54 Å². The van der Waals surface area contributed by atoms with Crippen molar-refractivity contribution in [1.82, 2.24) is 5.32 Å². The highest BCUT2D eigenvalue weighted by molar-refractivity contribution is 6.20. The van der Waals surface area contributed by atoms with Crippen LogP contribution in [0.2, 0.25) is 0 Å². The molecule has 0 aromatic heterocycles. The van der Waals surface area contributed by atoms with Crippen LogP contribution in [0.15, 0.2) is 24.3 Å². The largest absolute Gasteiger partial charge is 0.356 e. The van der Waals surface area contributed by atoms with Crippen molar-refractivity contribution in [1.29, 1.82) is 0 Å². The Balaban J connectivity index is 1.77. The standard InChI is InChI=1S/C16H22ClNO/c1-12-5-2-3-7-14(12)10-16(19)18-11-13-6-4-8-15(17)9-13/h2-3,5,7,13,15H,4,6,8-11H2,1H3,(H,18,19). The third-order valence-corrected chi connectivity index (χ3v) is 4.32. The summed E-state index contributed by atoms with van der Waals surface area (Å²) >= 11 is 6.16. The van der Waals surface area contributed by atoms with Crippen LogP contribution in [0.1, 0.15) is 36.8 Å². The monoisotopic (exact) mass is 279 g/mol. The zero-order chi connectivity index (χ0) is 13.7. The highest BCUT2D eigenvalue weighted by atomic mass is 35.5. The zero-order valence-electron chi connectivity index (χ0n) is 11.5. The van der Waals surface area contributed by atoms with E-state index in [0.29, 0.717) is 17.7 Å². The molecule has 1 N–H and O–H groups in total. The van der Waals surface area contributed by atoms with Gasteiger partial charge in [-0.1, -0.05) is 30.7 Å². The fourth-order valence-electron chi connectivity index (χ4n) is 2.71. The molecule has 0 heterocycles. The first-order valence-electron chi connectivity index (χ1n) is 7.10. The lowest BCUT2D eigenvalue weighted by molar-refractivity contribution is -0.120. The summed E-state index contributed by atoms with van der Waals surface area (Å²) in [6, 6.07) is 8.04. The maximum atomic E-state index is 11.9. The van der Waals surface area contributed by atoms with Crippen LogP contribution >= 0.6 is 11.6 Å². The van der Waals surface area contributed by atoms with Crippen molar-refractivity contribution in [2.45, 2.75) is 44.4 Å². The number of carbonyl (C=O) groups is 1. The molecule has 2 atom stereocenters. The molecule has 0 spiro atoms. The van der Waals surface area contributed by atoms with Crippen LogP contribution < -0.4 is 5.32 Å². The topological polar surface area (TPSA) is 29.1 Å². The first kappa shape index (κ1) is 14.4. The van der Waals surface area contributed by atoms with E-state index in [9.17, 15) is 4.79 Å². The average Bonchev–Trinajstić information content (AvgIpc) is 2.39. The number of hydrogen-bond acceptors (Lipinski definition) is 1. The van der Waals surface area contributed by atoms with E-state index in [1.54, 1.807) is 0 Å². The van der Waals surface area contributed by atoms with Crippen molar-refractivity contribution in [3.05, 3.63) is 35.4 Å². The van der Waals surface area contributed by atoms with Crippen molar-refractivity contribution >= 4 is 17.5 Å². The molecule has 104 valence electrons.